The molecule has 0 bridgehead atoms. The number of ether oxygens (including phenoxy) is 6. The van der Waals surface area contributed by atoms with Gasteiger partial charge in [0, 0.05) is 13.0 Å². The number of unbranched alkanes of at least 4 members (excludes halogenated alkanes) is 38. The van der Waals surface area contributed by atoms with Crippen LogP contribution in [0.4, 0.5) is 0 Å². The van der Waals surface area contributed by atoms with Gasteiger partial charge in [-0.15, -0.1) is 0 Å². The van der Waals surface area contributed by atoms with Crippen LogP contribution < -0.4 is 0 Å². The van der Waals surface area contributed by atoms with E-state index < -0.39 is 80.7 Å². The van der Waals surface area contributed by atoms with Crippen LogP contribution in [0.5, 0.6) is 0 Å². The second-order valence-corrected chi connectivity index (χ2v) is 22.9. The zero-order valence-electron chi connectivity index (χ0n) is 49.2. The molecule has 14 heteroatoms. The average molecular weight is 1100 g/mol. The summed E-state index contributed by atoms with van der Waals surface area (Å²) in [5.41, 5.74) is 0. The van der Waals surface area contributed by atoms with Gasteiger partial charge in [0.1, 0.15) is 54.9 Å². The Morgan fingerprint density at radius 2 is 0.766 bits per heavy atom. The van der Waals surface area contributed by atoms with E-state index in [-0.39, 0.29) is 25.6 Å². The predicted octanol–water partition coefficient (Wildman–Crippen LogP) is 12.5. The van der Waals surface area contributed by atoms with Crippen LogP contribution in [-0.4, -0.2) is 142 Å². The van der Waals surface area contributed by atoms with Gasteiger partial charge in [-0.25, -0.2) is 0 Å². The van der Waals surface area contributed by atoms with Gasteiger partial charge < -0.3 is 64.2 Å². The number of esters is 1. The molecular formula is C63H120O14. The number of aliphatic hydroxyl groups is 7. The van der Waals surface area contributed by atoms with E-state index in [4.69, 9.17) is 28.4 Å². The molecule has 2 rings (SSSR count). The average Bonchev–Trinajstić information content (AvgIpc) is 3.43. The molecule has 0 radical (unpaired) electrons. The molecule has 2 heterocycles. The topological polar surface area (TPSA) is 214 Å². The maximum Gasteiger partial charge on any atom is 0.306 e. The molecule has 0 aromatic rings. The highest BCUT2D eigenvalue weighted by Crippen LogP contribution is 2.27. The summed E-state index contributed by atoms with van der Waals surface area (Å²) in [6.07, 6.45) is 41.4. The van der Waals surface area contributed by atoms with Crippen molar-refractivity contribution >= 4 is 5.97 Å². The Morgan fingerprint density at radius 3 is 1.18 bits per heavy atom. The summed E-state index contributed by atoms with van der Waals surface area (Å²) < 4.78 is 34.5. The lowest BCUT2D eigenvalue weighted by atomic mass is 9.98. The number of hydrogen-bond acceptors (Lipinski definition) is 14. The summed E-state index contributed by atoms with van der Waals surface area (Å²) in [7, 11) is 0. The second kappa shape index (κ2) is 50.5. The first-order valence-corrected chi connectivity index (χ1v) is 32.3. The van der Waals surface area contributed by atoms with E-state index in [0.717, 1.165) is 38.5 Å². The van der Waals surface area contributed by atoms with E-state index in [1.54, 1.807) is 0 Å². The van der Waals surface area contributed by atoms with Crippen LogP contribution in [0.3, 0.4) is 0 Å². The quantitative estimate of drug-likeness (QED) is 0.0172. The fourth-order valence-electron chi connectivity index (χ4n) is 10.6. The fraction of sp³-hybridized carbons (Fsp3) is 0.952. The summed E-state index contributed by atoms with van der Waals surface area (Å²) in [6.45, 7) is 3.75. The SMILES string of the molecule is CCCCCCCCC/C=C\CCCCCCCCCCOCC(COC1OC(COC2OC(CO)C(O)C(O)C2O)C(O)C(O)C1O)OC(=O)CCCCCCCCCCCCCCCCCCCCCCCCCC. The highest BCUT2D eigenvalue weighted by Gasteiger charge is 2.47. The smallest absolute Gasteiger partial charge is 0.306 e. The van der Waals surface area contributed by atoms with Gasteiger partial charge in [0.15, 0.2) is 12.6 Å². The Bertz CT molecular complexity index is 1320. The van der Waals surface area contributed by atoms with Crippen LogP contribution in [-0.2, 0) is 33.2 Å². The maximum absolute atomic E-state index is 13.1. The van der Waals surface area contributed by atoms with Crippen LogP contribution in [0.25, 0.3) is 0 Å². The zero-order chi connectivity index (χ0) is 55.8. The molecule has 2 aliphatic rings. The van der Waals surface area contributed by atoms with Crippen molar-refractivity contribution in [2.45, 2.75) is 351 Å². The van der Waals surface area contributed by atoms with Gasteiger partial charge in [0.2, 0.25) is 0 Å². The molecule has 0 saturated carbocycles. The van der Waals surface area contributed by atoms with Gasteiger partial charge in [-0.05, 0) is 38.5 Å². The van der Waals surface area contributed by atoms with Crippen molar-refractivity contribution in [2.75, 3.05) is 33.0 Å². The van der Waals surface area contributed by atoms with Crippen molar-refractivity contribution in [3.63, 3.8) is 0 Å². The molecular weight excluding hydrogens is 981 g/mol. The van der Waals surface area contributed by atoms with Gasteiger partial charge in [0.05, 0.1) is 26.4 Å². The van der Waals surface area contributed by atoms with Crippen molar-refractivity contribution in [3.8, 4) is 0 Å². The van der Waals surface area contributed by atoms with Gasteiger partial charge in [-0.2, -0.15) is 0 Å². The zero-order valence-corrected chi connectivity index (χ0v) is 49.2. The van der Waals surface area contributed by atoms with Gasteiger partial charge in [0.25, 0.3) is 0 Å². The highest BCUT2D eigenvalue weighted by atomic mass is 16.7. The van der Waals surface area contributed by atoms with Crippen LogP contribution in [0.1, 0.15) is 284 Å². The normalized spacial score (nSPS) is 24.3. The molecule has 14 nitrogen and oxygen atoms in total. The van der Waals surface area contributed by atoms with Crippen LogP contribution in [0.15, 0.2) is 12.2 Å². The fourth-order valence-corrected chi connectivity index (χ4v) is 10.6. The third kappa shape index (κ3) is 36.7. The Balaban J connectivity index is 1.66. The lowest BCUT2D eigenvalue weighted by Crippen LogP contribution is -2.61. The summed E-state index contributed by atoms with van der Waals surface area (Å²) in [4.78, 5) is 13.1. The van der Waals surface area contributed by atoms with E-state index in [9.17, 15) is 40.5 Å². The minimum absolute atomic E-state index is 0.0658. The number of carbonyl (C=O) groups excluding carboxylic acids is 1. The van der Waals surface area contributed by atoms with Crippen LogP contribution >= 0.6 is 0 Å². The predicted molar refractivity (Wildman–Crippen MR) is 307 cm³/mol. The molecule has 2 saturated heterocycles. The van der Waals surface area contributed by atoms with E-state index in [1.165, 1.54) is 218 Å². The molecule has 11 atom stereocenters. The standard InChI is InChI=1S/C63H120O14/c1-3-5-7-9-11-13-15-17-19-21-23-24-25-26-27-28-30-32-34-36-38-40-42-44-46-55(65)75-52(49-72-47-45-43-41-39-37-35-33-31-29-22-20-18-16-14-12-10-8-6-4-2)50-73-62-61(71)59(69)57(67)54(77-62)51-74-63-60(70)58(68)56(66)53(48-64)76-63/h20,22,52-54,56-64,66-71H,3-19,21,23-51H2,1-2H3/b22-20-. The summed E-state index contributed by atoms with van der Waals surface area (Å²) >= 11 is 0. The number of allylic oxidation sites excluding steroid dienone is 2. The Morgan fingerprint density at radius 1 is 0.416 bits per heavy atom. The molecule has 2 fully saturated rings. The first-order valence-electron chi connectivity index (χ1n) is 32.3. The van der Waals surface area contributed by atoms with E-state index in [0.29, 0.717) is 13.0 Å². The first-order chi connectivity index (χ1) is 37.6. The summed E-state index contributed by atoms with van der Waals surface area (Å²) in [5.74, 6) is -0.369. The molecule has 0 amide bonds. The van der Waals surface area contributed by atoms with E-state index in [2.05, 4.69) is 26.0 Å². The van der Waals surface area contributed by atoms with E-state index in [1.807, 2.05) is 0 Å². The maximum atomic E-state index is 13.1. The third-order valence-corrected chi connectivity index (χ3v) is 15.8. The Kier molecular flexibility index (Phi) is 47.1. The molecule has 77 heavy (non-hydrogen) atoms. The minimum Gasteiger partial charge on any atom is -0.457 e. The van der Waals surface area contributed by atoms with E-state index >= 15 is 0 Å². The first kappa shape index (κ1) is 71.8. The summed E-state index contributed by atoms with van der Waals surface area (Å²) in [5, 5.41) is 72.5. The number of hydrogen-bond donors (Lipinski definition) is 7. The molecule has 2 aliphatic heterocycles. The number of rotatable bonds is 54. The van der Waals surface area contributed by atoms with Gasteiger partial charge in [-0.3, -0.25) is 4.79 Å². The van der Waals surface area contributed by atoms with Gasteiger partial charge >= 0.3 is 5.97 Å². The number of carbonyl (C=O) groups is 1. The highest BCUT2D eigenvalue weighted by molar-refractivity contribution is 5.69. The molecule has 7 N–H and O–H groups in total. The largest absolute Gasteiger partial charge is 0.457 e. The monoisotopic (exact) mass is 1100 g/mol. The molecule has 0 aliphatic carbocycles. The lowest BCUT2D eigenvalue weighted by molar-refractivity contribution is -0.332. The Labute approximate surface area is 469 Å². The molecule has 0 aromatic carbocycles. The Hall–Kier alpha value is -1.27. The van der Waals surface area contributed by atoms with Crippen molar-refractivity contribution < 1.29 is 69.0 Å². The molecule has 456 valence electrons. The number of aliphatic hydroxyl groups excluding tert-OH is 7. The lowest BCUT2D eigenvalue weighted by Gasteiger charge is -2.42. The van der Waals surface area contributed by atoms with Crippen molar-refractivity contribution in [2.24, 2.45) is 0 Å². The van der Waals surface area contributed by atoms with Crippen LogP contribution in [0, 0.1) is 0 Å². The van der Waals surface area contributed by atoms with Crippen molar-refractivity contribution in [1.29, 1.82) is 0 Å². The van der Waals surface area contributed by atoms with Crippen molar-refractivity contribution in [3.05, 3.63) is 12.2 Å². The van der Waals surface area contributed by atoms with Crippen LogP contribution in [0.2, 0.25) is 0 Å². The van der Waals surface area contributed by atoms with Crippen molar-refractivity contribution in [1.82, 2.24) is 0 Å². The van der Waals surface area contributed by atoms with Gasteiger partial charge in [-0.1, -0.05) is 251 Å². The minimum atomic E-state index is -1.70. The summed E-state index contributed by atoms with van der Waals surface area (Å²) in [6, 6.07) is 0. The molecule has 11 unspecified atom stereocenters. The molecule has 0 aromatic heterocycles. The second-order valence-electron chi connectivity index (χ2n) is 22.9. The molecule has 0 spiro atoms. The third-order valence-electron chi connectivity index (χ3n) is 15.8.